The second-order valence-electron chi connectivity index (χ2n) is 3.76. The highest BCUT2D eigenvalue weighted by atomic mass is 35.5. The SMILES string of the molecule is C=CCN1C(=O)CS/C1=N\N=C\c1cccc(Cl)c1. The van der Waals surface area contributed by atoms with E-state index in [1.54, 1.807) is 29.3 Å². The van der Waals surface area contributed by atoms with Crippen molar-refractivity contribution in [3.05, 3.63) is 47.5 Å². The fraction of sp³-hybridized carbons (Fsp3) is 0.154. The summed E-state index contributed by atoms with van der Waals surface area (Å²) in [5, 5.41) is 9.30. The summed E-state index contributed by atoms with van der Waals surface area (Å²) >= 11 is 7.24. The minimum absolute atomic E-state index is 0.0293. The molecule has 0 atom stereocenters. The molecule has 1 aliphatic heterocycles. The van der Waals surface area contributed by atoms with Crippen molar-refractivity contribution in [3.8, 4) is 0 Å². The molecule has 0 bridgehead atoms. The first-order valence-electron chi connectivity index (χ1n) is 5.61. The molecule has 98 valence electrons. The lowest BCUT2D eigenvalue weighted by atomic mass is 10.2. The van der Waals surface area contributed by atoms with Crippen molar-refractivity contribution >= 4 is 40.7 Å². The zero-order valence-corrected chi connectivity index (χ0v) is 11.7. The number of carbonyl (C=O) groups excluding carboxylic acids is 1. The van der Waals surface area contributed by atoms with Gasteiger partial charge in [0.1, 0.15) is 0 Å². The number of carbonyl (C=O) groups is 1. The van der Waals surface area contributed by atoms with Gasteiger partial charge in [-0.2, -0.15) is 5.10 Å². The van der Waals surface area contributed by atoms with Gasteiger partial charge in [0.25, 0.3) is 0 Å². The molecule has 1 aliphatic rings. The van der Waals surface area contributed by atoms with Crippen molar-refractivity contribution < 1.29 is 4.79 Å². The normalized spacial score (nSPS) is 17.6. The minimum atomic E-state index is 0.0293. The highest BCUT2D eigenvalue weighted by molar-refractivity contribution is 8.15. The number of amides is 1. The van der Waals surface area contributed by atoms with Crippen LogP contribution in [0.5, 0.6) is 0 Å². The molecule has 0 saturated carbocycles. The molecule has 19 heavy (non-hydrogen) atoms. The topological polar surface area (TPSA) is 45.0 Å². The number of benzene rings is 1. The second-order valence-corrected chi connectivity index (χ2v) is 5.14. The molecule has 1 heterocycles. The van der Waals surface area contributed by atoms with Crippen LogP contribution in [0.15, 0.2) is 47.1 Å². The number of rotatable bonds is 4. The molecular formula is C13H12ClN3OS. The number of hydrogen-bond acceptors (Lipinski definition) is 4. The molecule has 0 spiro atoms. The smallest absolute Gasteiger partial charge is 0.239 e. The van der Waals surface area contributed by atoms with Crippen LogP contribution in [0.25, 0.3) is 0 Å². The Hall–Kier alpha value is -1.59. The van der Waals surface area contributed by atoms with E-state index in [1.165, 1.54) is 11.8 Å². The average molecular weight is 294 g/mol. The second kappa shape index (κ2) is 6.54. The van der Waals surface area contributed by atoms with Crippen molar-refractivity contribution in [1.82, 2.24) is 4.90 Å². The molecule has 1 aromatic carbocycles. The van der Waals surface area contributed by atoms with Gasteiger partial charge in [-0.15, -0.1) is 11.7 Å². The summed E-state index contributed by atoms with van der Waals surface area (Å²) in [6.07, 6.45) is 3.27. The first-order valence-corrected chi connectivity index (χ1v) is 6.97. The van der Waals surface area contributed by atoms with Crippen molar-refractivity contribution in [3.63, 3.8) is 0 Å². The number of nitrogens with zero attached hydrogens (tertiary/aromatic N) is 3. The minimum Gasteiger partial charge on any atom is -0.285 e. The maximum atomic E-state index is 11.6. The molecule has 0 unspecified atom stereocenters. The number of halogens is 1. The van der Waals surface area contributed by atoms with Gasteiger partial charge in [0.2, 0.25) is 5.91 Å². The first-order chi connectivity index (χ1) is 9.20. The summed E-state index contributed by atoms with van der Waals surface area (Å²) in [7, 11) is 0. The van der Waals surface area contributed by atoms with Gasteiger partial charge in [0.05, 0.1) is 12.0 Å². The van der Waals surface area contributed by atoms with Crippen LogP contribution in [0.2, 0.25) is 5.02 Å². The molecule has 2 rings (SSSR count). The third-order valence-electron chi connectivity index (χ3n) is 2.37. The monoisotopic (exact) mass is 293 g/mol. The van der Waals surface area contributed by atoms with E-state index in [4.69, 9.17) is 11.6 Å². The number of hydrogen-bond donors (Lipinski definition) is 0. The van der Waals surface area contributed by atoms with Crippen molar-refractivity contribution in [2.75, 3.05) is 12.3 Å². The van der Waals surface area contributed by atoms with E-state index in [0.717, 1.165) is 5.56 Å². The van der Waals surface area contributed by atoms with Crippen molar-refractivity contribution in [2.45, 2.75) is 0 Å². The Morgan fingerprint density at radius 2 is 2.37 bits per heavy atom. The molecule has 1 amide bonds. The lowest BCUT2D eigenvalue weighted by molar-refractivity contribution is -0.123. The quantitative estimate of drug-likeness (QED) is 0.487. The summed E-state index contributed by atoms with van der Waals surface area (Å²) in [6, 6.07) is 7.31. The fourth-order valence-corrected chi connectivity index (χ4v) is 2.56. The third kappa shape index (κ3) is 3.68. The third-order valence-corrected chi connectivity index (χ3v) is 3.55. The predicted octanol–water partition coefficient (Wildman–Crippen LogP) is 2.79. The predicted molar refractivity (Wildman–Crippen MR) is 80.8 cm³/mol. The summed E-state index contributed by atoms with van der Waals surface area (Å²) < 4.78 is 0. The van der Waals surface area contributed by atoms with Gasteiger partial charge in [-0.25, -0.2) is 0 Å². The Bertz CT molecular complexity index is 557. The molecule has 1 saturated heterocycles. The zero-order valence-electron chi connectivity index (χ0n) is 10.1. The Morgan fingerprint density at radius 1 is 1.53 bits per heavy atom. The Kier molecular flexibility index (Phi) is 4.76. The van der Waals surface area contributed by atoms with Crippen LogP contribution in [-0.4, -0.2) is 34.5 Å². The Labute approximate surface area is 120 Å². The lowest BCUT2D eigenvalue weighted by Gasteiger charge is -2.11. The molecule has 0 radical (unpaired) electrons. The Morgan fingerprint density at radius 3 is 3.11 bits per heavy atom. The van der Waals surface area contributed by atoms with E-state index in [0.29, 0.717) is 22.5 Å². The van der Waals surface area contributed by atoms with Crippen molar-refractivity contribution in [2.24, 2.45) is 10.2 Å². The van der Waals surface area contributed by atoms with Crippen molar-refractivity contribution in [1.29, 1.82) is 0 Å². The summed E-state index contributed by atoms with van der Waals surface area (Å²) in [5.41, 5.74) is 0.862. The fourth-order valence-electron chi connectivity index (χ4n) is 1.51. The van der Waals surface area contributed by atoms with Gasteiger partial charge in [-0.05, 0) is 17.7 Å². The lowest BCUT2D eigenvalue weighted by Crippen LogP contribution is -2.29. The molecule has 0 aromatic heterocycles. The van der Waals surface area contributed by atoms with E-state index in [1.807, 2.05) is 12.1 Å². The number of thioether (sulfide) groups is 1. The molecule has 4 nitrogen and oxygen atoms in total. The van der Waals surface area contributed by atoms with Gasteiger partial charge in [0.15, 0.2) is 5.17 Å². The van der Waals surface area contributed by atoms with E-state index >= 15 is 0 Å². The van der Waals surface area contributed by atoms with E-state index in [2.05, 4.69) is 16.8 Å². The molecule has 0 aliphatic carbocycles. The molecular weight excluding hydrogens is 282 g/mol. The Balaban J connectivity index is 2.09. The summed E-state index contributed by atoms with van der Waals surface area (Å²) in [5.74, 6) is 0.431. The van der Waals surface area contributed by atoms with Crippen LogP contribution < -0.4 is 0 Å². The van der Waals surface area contributed by atoms with Crippen LogP contribution in [-0.2, 0) is 4.79 Å². The maximum Gasteiger partial charge on any atom is 0.239 e. The zero-order chi connectivity index (χ0) is 13.7. The molecule has 6 heteroatoms. The van der Waals surface area contributed by atoms with Crippen LogP contribution >= 0.6 is 23.4 Å². The van der Waals surface area contributed by atoms with Gasteiger partial charge in [-0.3, -0.25) is 9.69 Å². The van der Waals surface area contributed by atoms with Crippen LogP contribution in [0.3, 0.4) is 0 Å². The molecule has 1 fully saturated rings. The highest BCUT2D eigenvalue weighted by Crippen LogP contribution is 2.19. The van der Waals surface area contributed by atoms with Gasteiger partial charge < -0.3 is 0 Å². The standard InChI is InChI=1S/C13H12ClN3OS/c1-2-6-17-12(18)9-19-13(17)16-15-8-10-4-3-5-11(14)7-10/h2-5,7-8H,1,6,9H2/b15-8+,16-13-. The number of amidine groups is 1. The highest BCUT2D eigenvalue weighted by Gasteiger charge is 2.26. The average Bonchev–Trinajstić information content (AvgIpc) is 2.72. The van der Waals surface area contributed by atoms with Crippen LogP contribution in [0.1, 0.15) is 5.56 Å². The van der Waals surface area contributed by atoms with Crippen LogP contribution in [0.4, 0.5) is 0 Å². The van der Waals surface area contributed by atoms with E-state index < -0.39 is 0 Å². The summed E-state index contributed by atoms with van der Waals surface area (Å²) in [4.78, 5) is 13.1. The van der Waals surface area contributed by atoms with Gasteiger partial charge in [-0.1, -0.05) is 41.6 Å². The van der Waals surface area contributed by atoms with E-state index in [-0.39, 0.29) is 5.91 Å². The molecule has 0 N–H and O–H groups in total. The first kappa shape index (κ1) is 13.8. The molecule has 1 aromatic rings. The maximum absolute atomic E-state index is 11.6. The van der Waals surface area contributed by atoms with E-state index in [9.17, 15) is 4.79 Å². The van der Waals surface area contributed by atoms with Gasteiger partial charge >= 0.3 is 0 Å². The van der Waals surface area contributed by atoms with Crippen LogP contribution in [0, 0.1) is 0 Å². The van der Waals surface area contributed by atoms with Gasteiger partial charge in [0, 0.05) is 11.6 Å². The summed E-state index contributed by atoms with van der Waals surface area (Å²) in [6.45, 7) is 4.08. The largest absolute Gasteiger partial charge is 0.285 e.